The van der Waals surface area contributed by atoms with Crippen LogP contribution in [0.4, 0.5) is 4.79 Å². The molecule has 1 unspecified atom stereocenters. The predicted octanol–water partition coefficient (Wildman–Crippen LogP) is 0.901. The first-order chi connectivity index (χ1) is 7.58. The Balaban J connectivity index is 1.81. The Morgan fingerprint density at radius 3 is 2.44 bits per heavy atom. The van der Waals surface area contributed by atoms with Crippen molar-refractivity contribution >= 4 is 12.0 Å². The molecule has 0 aromatic rings. The number of hydrogen-bond donors (Lipinski definition) is 2. The molecule has 2 aliphatic rings. The Hall–Kier alpha value is -1.26. The molecule has 5 heteroatoms. The fourth-order valence-corrected chi connectivity index (χ4v) is 1.82. The molecule has 0 bridgehead atoms. The predicted molar refractivity (Wildman–Crippen MR) is 58.0 cm³/mol. The molecule has 2 amide bonds. The molecule has 0 radical (unpaired) electrons. The lowest BCUT2D eigenvalue weighted by Gasteiger charge is -2.21. The van der Waals surface area contributed by atoms with Crippen molar-refractivity contribution in [1.29, 1.82) is 0 Å². The van der Waals surface area contributed by atoms with Crippen LogP contribution in [-0.4, -0.2) is 41.6 Å². The highest BCUT2D eigenvalue weighted by atomic mass is 16.4. The van der Waals surface area contributed by atoms with Crippen LogP contribution >= 0.6 is 0 Å². The molecule has 0 aromatic heterocycles. The first kappa shape index (κ1) is 11.2. The van der Waals surface area contributed by atoms with Crippen LogP contribution in [0.3, 0.4) is 0 Å². The molecular formula is C11H18N2O3. The number of rotatable bonds is 5. The number of carbonyl (C=O) groups excluding carboxylic acids is 1. The van der Waals surface area contributed by atoms with E-state index in [0.29, 0.717) is 5.92 Å². The van der Waals surface area contributed by atoms with E-state index < -0.39 is 12.0 Å². The number of carboxylic acid groups (broad SMARTS) is 1. The molecule has 0 spiro atoms. The van der Waals surface area contributed by atoms with Gasteiger partial charge in [-0.3, -0.25) is 0 Å². The zero-order chi connectivity index (χ0) is 11.7. The van der Waals surface area contributed by atoms with Crippen molar-refractivity contribution in [3.63, 3.8) is 0 Å². The third kappa shape index (κ3) is 2.87. The second kappa shape index (κ2) is 4.31. The Morgan fingerprint density at radius 2 is 2.00 bits per heavy atom. The SMILES string of the molecule is CN(CC1CC1)C(=O)NC(C(=O)O)C1CC1. The summed E-state index contributed by atoms with van der Waals surface area (Å²) in [5.74, 6) is -0.161. The van der Waals surface area contributed by atoms with Gasteiger partial charge in [-0.2, -0.15) is 0 Å². The summed E-state index contributed by atoms with van der Waals surface area (Å²) in [4.78, 5) is 24.2. The standard InChI is InChI=1S/C11H18N2O3/c1-13(6-7-2-3-7)11(16)12-9(10(14)15)8-4-5-8/h7-9H,2-6H2,1H3,(H,12,16)(H,14,15). The van der Waals surface area contributed by atoms with Crippen molar-refractivity contribution < 1.29 is 14.7 Å². The summed E-state index contributed by atoms with van der Waals surface area (Å²) in [6, 6.07) is -0.958. The van der Waals surface area contributed by atoms with E-state index >= 15 is 0 Å². The summed E-state index contributed by atoms with van der Waals surface area (Å²) >= 11 is 0. The number of carboxylic acids is 1. The largest absolute Gasteiger partial charge is 0.480 e. The first-order valence-corrected chi connectivity index (χ1v) is 5.82. The molecule has 2 fully saturated rings. The molecular weight excluding hydrogens is 208 g/mol. The van der Waals surface area contributed by atoms with Crippen molar-refractivity contribution in [3.8, 4) is 0 Å². The van der Waals surface area contributed by atoms with Crippen LogP contribution in [0.25, 0.3) is 0 Å². The summed E-state index contributed by atoms with van der Waals surface area (Å²) in [5, 5.41) is 11.6. The van der Waals surface area contributed by atoms with Crippen LogP contribution in [0.2, 0.25) is 0 Å². The van der Waals surface area contributed by atoms with Gasteiger partial charge in [0, 0.05) is 13.6 Å². The number of urea groups is 1. The Labute approximate surface area is 94.8 Å². The lowest BCUT2D eigenvalue weighted by atomic mass is 10.2. The Morgan fingerprint density at radius 1 is 1.38 bits per heavy atom. The third-order valence-corrected chi connectivity index (χ3v) is 3.21. The second-order valence-electron chi connectivity index (χ2n) is 4.93. The van der Waals surface area contributed by atoms with E-state index in [4.69, 9.17) is 5.11 Å². The quantitative estimate of drug-likeness (QED) is 0.731. The third-order valence-electron chi connectivity index (χ3n) is 3.21. The zero-order valence-corrected chi connectivity index (χ0v) is 9.48. The summed E-state index contributed by atoms with van der Waals surface area (Å²) in [6.45, 7) is 0.739. The van der Waals surface area contributed by atoms with Gasteiger partial charge < -0.3 is 15.3 Å². The van der Waals surface area contributed by atoms with Gasteiger partial charge in [0.25, 0.3) is 0 Å². The number of aliphatic carboxylic acids is 1. The smallest absolute Gasteiger partial charge is 0.326 e. The van der Waals surface area contributed by atoms with Gasteiger partial charge in [0.2, 0.25) is 0 Å². The van der Waals surface area contributed by atoms with E-state index in [2.05, 4.69) is 5.32 Å². The number of hydrogen-bond acceptors (Lipinski definition) is 2. The van der Waals surface area contributed by atoms with E-state index in [1.165, 1.54) is 12.8 Å². The van der Waals surface area contributed by atoms with Crippen molar-refractivity contribution in [2.45, 2.75) is 31.7 Å². The molecule has 1 atom stereocenters. The maximum atomic E-state index is 11.7. The molecule has 5 nitrogen and oxygen atoms in total. The van der Waals surface area contributed by atoms with Gasteiger partial charge in [0.1, 0.15) is 6.04 Å². The maximum absolute atomic E-state index is 11.7. The number of carbonyl (C=O) groups is 2. The van der Waals surface area contributed by atoms with Crippen molar-refractivity contribution in [3.05, 3.63) is 0 Å². The van der Waals surface area contributed by atoms with E-state index in [1.54, 1.807) is 11.9 Å². The van der Waals surface area contributed by atoms with Crippen LogP contribution in [0.5, 0.6) is 0 Å². The van der Waals surface area contributed by atoms with Crippen molar-refractivity contribution in [1.82, 2.24) is 10.2 Å². The normalized spacial score (nSPS) is 21.3. The van der Waals surface area contributed by atoms with Gasteiger partial charge in [-0.05, 0) is 37.5 Å². The van der Waals surface area contributed by atoms with Gasteiger partial charge in [-0.1, -0.05) is 0 Å². The molecule has 0 aliphatic heterocycles. The van der Waals surface area contributed by atoms with Crippen LogP contribution in [0, 0.1) is 11.8 Å². The minimum atomic E-state index is -0.921. The van der Waals surface area contributed by atoms with E-state index in [-0.39, 0.29) is 11.9 Å². The molecule has 90 valence electrons. The van der Waals surface area contributed by atoms with Crippen molar-refractivity contribution in [2.75, 3.05) is 13.6 Å². The summed E-state index contributed by atoms with van der Waals surface area (Å²) in [6.07, 6.45) is 4.18. The summed E-state index contributed by atoms with van der Waals surface area (Å²) in [5.41, 5.74) is 0. The summed E-state index contributed by atoms with van der Waals surface area (Å²) in [7, 11) is 1.72. The van der Waals surface area contributed by atoms with Crippen LogP contribution < -0.4 is 5.32 Å². The minimum absolute atomic E-state index is 0.135. The average Bonchev–Trinajstić information content (AvgIpc) is 3.05. The first-order valence-electron chi connectivity index (χ1n) is 5.82. The van der Waals surface area contributed by atoms with E-state index in [9.17, 15) is 9.59 Å². The number of amides is 2. The van der Waals surface area contributed by atoms with Crippen molar-refractivity contribution in [2.24, 2.45) is 11.8 Å². The van der Waals surface area contributed by atoms with E-state index in [0.717, 1.165) is 19.4 Å². The maximum Gasteiger partial charge on any atom is 0.326 e. The Kier molecular flexibility index (Phi) is 3.03. The highest BCUT2D eigenvalue weighted by Gasteiger charge is 2.38. The van der Waals surface area contributed by atoms with Gasteiger partial charge in [0.05, 0.1) is 0 Å². The number of nitrogens with zero attached hydrogens (tertiary/aromatic N) is 1. The molecule has 2 rings (SSSR count). The highest BCUT2D eigenvalue weighted by molar-refractivity contribution is 5.83. The zero-order valence-electron chi connectivity index (χ0n) is 9.48. The Bertz CT molecular complexity index is 298. The molecule has 0 saturated heterocycles. The fourth-order valence-electron chi connectivity index (χ4n) is 1.82. The minimum Gasteiger partial charge on any atom is -0.480 e. The lowest BCUT2D eigenvalue weighted by molar-refractivity contribution is -0.139. The monoisotopic (exact) mass is 226 g/mol. The molecule has 2 aliphatic carbocycles. The molecule has 2 N–H and O–H groups in total. The van der Waals surface area contributed by atoms with Crippen LogP contribution in [0.15, 0.2) is 0 Å². The average molecular weight is 226 g/mol. The molecule has 0 heterocycles. The number of nitrogens with one attached hydrogen (secondary N) is 1. The van der Waals surface area contributed by atoms with Crippen LogP contribution in [0.1, 0.15) is 25.7 Å². The van der Waals surface area contributed by atoms with Gasteiger partial charge in [0.15, 0.2) is 0 Å². The second-order valence-corrected chi connectivity index (χ2v) is 4.93. The highest BCUT2D eigenvalue weighted by Crippen LogP contribution is 2.33. The lowest BCUT2D eigenvalue weighted by Crippen LogP contribution is -2.48. The molecule has 2 saturated carbocycles. The van der Waals surface area contributed by atoms with Gasteiger partial charge >= 0.3 is 12.0 Å². The fraction of sp³-hybridized carbons (Fsp3) is 0.818. The van der Waals surface area contributed by atoms with Gasteiger partial charge in [-0.25, -0.2) is 9.59 Å². The topological polar surface area (TPSA) is 69.6 Å². The molecule has 0 aromatic carbocycles. The summed E-state index contributed by atoms with van der Waals surface area (Å²) < 4.78 is 0. The van der Waals surface area contributed by atoms with Crippen LogP contribution in [-0.2, 0) is 4.79 Å². The van der Waals surface area contributed by atoms with E-state index in [1.807, 2.05) is 0 Å². The molecule has 16 heavy (non-hydrogen) atoms. The van der Waals surface area contributed by atoms with Gasteiger partial charge in [-0.15, -0.1) is 0 Å².